The van der Waals surface area contributed by atoms with Crippen LogP contribution in [-0.2, 0) is 6.54 Å². The Kier molecular flexibility index (Phi) is 4.20. The summed E-state index contributed by atoms with van der Waals surface area (Å²) in [6.07, 6.45) is 8.13. The molecule has 0 radical (unpaired) electrons. The van der Waals surface area contributed by atoms with E-state index in [0.29, 0.717) is 5.82 Å². The molecule has 1 aliphatic heterocycles. The maximum Gasteiger partial charge on any atom is 0.123 e. The van der Waals surface area contributed by atoms with Gasteiger partial charge in [0.2, 0.25) is 0 Å². The monoisotopic (exact) mass is 285 g/mol. The van der Waals surface area contributed by atoms with Gasteiger partial charge in [0.1, 0.15) is 5.82 Å². The van der Waals surface area contributed by atoms with Crippen LogP contribution in [0.3, 0.4) is 0 Å². The van der Waals surface area contributed by atoms with Crippen molar-refractivity contribution in [2.24, 2.45) is 5.92 Å². The summed E-state index contributed by atoms with van der Waals surface area (Å²) in [5.41, 5.74) is 8.00. The Bertz CT molecular complexity index is 584. The average Bonchev–Trinajstić information content (AvgIpc) is 2.96. The van der Waals surface area contributed by atoms with Gasteiger partial charge in [0, 0.05) is 18.3 Å². The van der Waals surface area contributed by atoms with Crippen molar-refractivity contribution in [1.29, 1.82) is 0 Å². The summed E-state index contributed by atoms with van der Waals surface area (Å²) in [7, 11) is 0. The highest BCUT2D eigenvalue weighted by molar-refractivity contribution is 5.61. The zero-order chi connectivity index (χ0) is 14.7. The Labute approximate surface area is 125 Å². The SMILES string of the molecule is CCN1CCC(Cn2cncc2-c2ccnc(N)c2)CC1. The number of nitrogens with zero attached hydrogens (tertiary/aromatic N) is 4. The summed E-state index contributed by atoms with van der Waals surface area (Å²) in [5, 5.41) is 0. The molecule has 0 aromatic carbocycles. The van der Waals surface area contributed by atoms with Gasteiger partial charge >= 0.3 is 0 Å². The van der Waals surface area contributed by atoms with Crippen molar-refractivity contribution in [3.63, 3.8) is 0 Å². The number of piperidine rings is 1. The van der Waals surface area contributed by atoms with Gasteiger partial charge in [-0.25, -0.2) is 9.97 Å². The number of aromatic nitrogens is 3. The molecule has 1 saturated heterocycles. The molecule has 5 nitrogen and oxygen atoms in total. The smallest absolute Gasteiger partial charge is 0.123 e. The fourth-order valence-electron chi connectivity index (χ4n) is 3.08. The number of pyridine rings is 1. The molecule has 1 aliphatic rings. The van der Waals surface area contributed by atoms with Crippen molar-refractivity contribution in [3.05, 3.63) is 30.9 Å². The number of hydrogen-bond acceptors (Lipinski definition) is 4. The maximum atomic E-state index is 5.78. The standard InChI is InChI=1S/C16H23N5/c1-2-20-7-4-13(5-8-20)11-21-12-18-10-15(21)14-3-6-19-16(17)9-14/h3,6,9-10,12-13H,2,4-5,7-8,11H2,1H3,(H2,17,19). The van der Waals surface area contributed by atoms with E-state index >= 15 is 0 Å². The largest absolute Gasteiger partial charge is 0.384 e. The fraction of sp³-hybridized carbons (Fsp3) is 0.500. The Morgan fingerprint density at radius 3 is 2.86 bits per heavy atom. The Morgan fingerprint density at radius 2 is 2.14 bits per heavy atom. The summed E-state index contributed by atoms with van der Waals surface area (Å²) in [4.78, 5) is 10.9. The van der Waals surface area contributed by atoms with Crippen LogP contribution in [-0.4, -0.2) is 39.1 Å². The summed E-state index contributed by atoms with van der Waals surface area (Å²) in [5.74, 6) is 1.29. The van der Waals surface area contributed by atoms with E-state index in [4.69, 9.17) is 5.73 Å². The van der Waals surface area contributed by atoms with Gasteiger partial charge in [0.25, 0.3) is 0 Å². The lowest BCUT2D eigenvalue weighted by molar-refractivity contribution is 0.181. The van der Waals surface area contributed by atoms with Crippen LogP contribution in [0.5, 0.6) is 0 Å². The van der Waals surface area contributed by atoms with Crippen molar-refractivity contribution >= 4 is 5.82 Å². The number of likely N-dealkylation sites (tertiary alicyclic amines) is 1. The van der Waals surface area contributed by atoms with Gasteiger partial charge in [0.05, 0.1) is 18.2 Å². The Hall–Kier alpha value is -1.88. The molecule has 2 N–H and O–H groups in total. The third kappa shape index (κ3) is 3.24. The van der Waals surface area contributed by atoms with Gasteiger partial charge in [0.15, 0.2) is 0 Å². The molecule has 0 spiro atoms. The molecule has 1 fully saturated rings. The van der Waals surface area contributed by atoms with E-state index in [1.54, 1.807) is 6.20 Å². The summed E-state index contributed by atoms with van der Waals surface area (Å²) in [6.45, 7) is 6.87. The van der Waals surface area contributed by atoms with E-state index in [0.717, 1.165) is 23.7 Å². The van der Waals surface area contributed by atoms with Crippen LogP contribution in [0.25, 0.3) is 11.3 Å². The van der Waals surface area contributed by atoms with Crippen LogP contribution in [0.4, 0.5) is 5.82 Å². The van der Waals surface area contributed by atoms with Crippen molar-refractivity contribution in [1.82, 2.24) is 19.4 Å². The molecule has 21 heavy (non-hydrogen) atoms. The molecule has 0 atom stereocenters. The first-order valence-corrected chi connectivity index (χ1v) is 7.70. The Balaban J connectivity index is 1.72. The number of hydrogen-bond donors (Lipinski definition) is 1. The molecule has 5 heteroatoms. The average molecular weight is 285 g/mol. The van der Waals surface area contributed by atoms with Crippen molar-refractivity contribution in [3.8, 4) is 11.3 Å². The normalized spacial score (nSPS) is 17.2. The van der Waals surface area contributed by atoms with E-state index < -0.39 is 0 Å². The number of nitrogens with two attached hydrogens (primary N) is 1. The van der Waals surface area contributed by atoms with E-state index in [1.807, 2.05) is 24.7 Å². The molecule has 3 rings (SSSR count). The summed E-state index contributed by atoms with van der Waals surface area (Å²) >= 11 is 0. The number of rotatable bonds is 4. The minimum absolute atomic E-state index is 0.552. The molecule has 112 valence electrons. The second-order valence-electron chi connectivity index (χ2n) is 5.78. The molecular weight excluding hydrogens is 262 g/mol. The topological polar surface area (TPSA) is 60.0 Å². The highest BCUT2D eigenvalue weighted by Crippen LogP contribution is 2.24. The van der Waals surface area contributed by atoms with Crippen molar-refractivity contribution in [2.75, 3.05) is 25.4 Å². The molecule has 0 bridgehead atoms. The van der Waals surface area contributed by atoms with Gasteiger partial charge < -0.3 is 15.2 Å². The maximum absolute atomic E-state index is 5.78. The number of imidazole rings is 1. The van der Waals surface area contributed by atoms with Gasteiger partial charge in [-0.2, -0.15) is 0 Å². The highest BCUT2D eigenvalue weighted by Gasteiger charge is 2.19. The molecule has 0 aliphatic carbocycles. The first kappa shape index (κ1) is 14.1. The zero-order valence-electron chi connectivity index (χ0n) is 12.6. The number of nitrogen functional groups attached to an aromatic ring is 1. The number of anilines is 1. The van der Waals surface area contributed by atoms with Crippen LogP contribution >= 0.6 is 0 Å². The lowest BCUT2D eigenvalue weighted by Crippen LogP contribution is -2.34. The Morgan fingerprint density at radius 1 is 1.33 bits per heavy atom. The summed E-state index contributed by atoms with van der Waals surface area (Å²) < 4.78 is 2.25. The van der Waals surface area contributed by atoms with Gasteiger partial charge in [-0.15, -0.1) is 0 Å². The predicted molar refractivity (Wildman–Crippen MR) is 84.7 cm³/mol. The van der Waals surface area contributed by atoms with Crippen LogP contribution in [0, 0.1) is 5.92 Å². The minimum Gasteiger partial charge on any atom is -0.384 e. The van der Waals surface area contributed by atoms with Crippen LogP contribution in [0.15, 0.2) is 30.9 Å². The molecule has 0 saturated carbocycles. The highest BCUT2D eigenvalue weighted by atomic mass is 15.1. The molecule has 0 unspecified atom stereocenters. The second kappa shape index (κ2) is 6.26. The molecule has 0 amide bonds. The van der Waals surface area contributed by atoms with Crippen LogP contribution in [0.2, 0.25) is 0 Å². The van der Waals surface area contributed by atoms with E-state index in [9.17, 15) is 0 Å². The third-order valence-electron chi connectivity index (χ3n) is 4.40. The third-order valence-corrected chi connectivity index (χ3v) is 4.40. The lowest BCUT2D eigenvalue weighted by Gasteiger charge is -2.31. The first-order valence-electron chi connectivity index (χ1n) is 7.70. The fourth-order valence-corrected chi connectivity index (χ4v) is 3.08. The zero-order valence-corrected chi connectivity index (χ0v) is 12.6. The second-order valence-corrected chi connectivity index (χ2v) is 5.78. The molecule has 2 aromatic heterocycles. The van der Waals surface area contributed by atoms with E-state index in [2.05, 4.69) is 26.4 Å². The molecule has 2 aromatic rings. The van der Waals surface area contributed by atoms with Crippen molar-refractivity contribution < 1.29 is 0 Å². The molecule has 3 heterocycles. The predicted octanol–water partition coefficient (Wildman–Crippen LogP) is 2.26. The lowest BCUT2D eigenvalue weighted by atomic mass is 9.96. The van der Waals surface area contributed by atoms with Gasteiger partial charge in [-0.1, -0.05) is 6.92 Å². The van der Waals surface area contributed by atoms with Crippen molar-refractivity contribution in [2.45, 2.75) is 26.3 Å². The van der Waals surface area contributed by atoms with Crippen LogP contribution in [0.1, 0.15) is 19.8 Å². The minimum atomic E-state index is 0.552. The van der Waals surface area contributed by atoms with Crippen LogP contribution < -0.4 is 5.73 Å². The van der Waals surface area contributed by atoms with E-state index in [1.165, 1.54) is 32.5 Å². The first-order chi connectivity index (χ1) is 10.3. The van der Waals surface area contributed by atoms with Gasteiger partial charge in [-0.05, 0) is 50.5 Å². The molecular formula is C16H23N5. The van der Waals surface area contributed by atoms with E-state index in [-0.39, 0.29) is 0 Å². The van der Waals surface area contributed by atoms with Gasteiger partial charge in [-0.3, -0.25) is 0 Å². The summed E-state index contributed by atoms with van der Waals surface area (Å²) in [6, 6.07) is 3.90. The quantitative estimate of drug-likeness (QED) is 0.936.